The van der Waals surface area contributed by atoms with Gasteiger partial charge in [-0.25, -0.2) is 0 Å². The van der Waals surface area contributed by atoms with Gasteiger partial charge in [0.15, 0.2) is 0 Å². The number of nitrogen functional groups attached to an aromatic ring is 1. The van der Waals surface area contributed by atoms with Crippen molar-refractivity contribution in [2.24, 2.45) is 0 Å². The molecule has 33 heavy (non-hydrogen) atoms. The van der Waals surface area contributed by atoms with Crippen LogP contribution >= 0.6 is 0 Å². The molecule has 0 spiro atoms. The Bertz CT molecular complexity index is 975. The van der Waals surface area contributed by atoms with E-state index in [0.29, 0.717) is 18.0 Å². The van der Waals surface area contributed by atoms with Gasteiger partial charge in [0.05, 0.1) is 6.54 Å². The Labute approximate surface area is 199 Å². The highest BCUT2D eigenvalue weighted by molar-refractivity contribution is 5.82. The van der Waals surface area contributed by atoms with Crippen LogP contribution in [0.5, 0.6) is 0 Å². The first-order chi connectivity index (χ1) is 15.7. The Hall–Kier alpha value is -2.53. The molecular weight excluding hydrogens is 408 g/mol. The summed E-state index contributed by atoms with van der Waals surface area (Å²) in [7, 11) is 1.97. The van der Waals surface area contributed by atoms with Gasteiger partial charge in [-0.1, -0.05) is 30.3 Å². The average molecular weight is 449 g/mol. The standard InChI is InChI=1S/C28H40N4O/c1-19-21(3)27(22(4)20(2)26(19)29)30-17-25(33)31(5)24-11-15-32(16-12-24)18-28(13-14-28)23-9-7-6-8-10-23/h6-10,24,30H,11-18,29H2,1-5H3. The van der Waals surface area contributed by atoms with Gasteiger partial charge in [0.2, 0.25) is 5.91 Å². The molecule has 1 heterocycles. The van der Waals surface area contributed by atoms with E-state index in [2.05, 4.69) is 54.4 Å². The number of carbonyl (C=O) groups excluding carboxylic acids is 1. The van der Waals surface area contributed by atoms with E-state index < -0.39 is 0 Å². The average Bonchev–Trinajstić information content (AvgIpc) is 3.62. The second-order valence-electron chi connectivity index (χ2n) is 10.3. The maximum Gasteiger partial charge on any atom is 0.241 e. The Balaban J connectivity index is 1.30. The molecule has 0 bridgehead atoms. The fourth-order valence-electron chi connectivity index (χ4n) is 5.47. The molecule has 0 radical (unpaired) electrons. The van der Waals surface area contributed by atoms with Crippen molar-refractivity contribution in [3.8, 4) is 0 Å². The zero-order chi connectivity index (χ0) is 23.8. The van der Waals surface area contributed by atoms with Crippen LogP contribution in [0.4, 0.5) is 11.4 Å². The first-order valence-corrected chi connectivity index (χ1v) is 12.4. The molecule has 0 atom stereocenters. The molecule has 3 N–H and O–H groups in total. The summed E-state index contributed by atoms with van der Waals surface area (Å²) in [6, 6.07) is 11.3. The Kier molecular flexibility index (Phi) is 6.71. The fourth-order valence-corrected chi connectivity index (χ4v) is 5.47. The lowest BCUT2D eigenvalue weighted by Crippen LogP contribution is -2.48. The summed E-state index contributed by atoms with van der Waals surface area (Å²) >= 11 is 0. The summed E-state index contributed by atoms with van der Waals surface area (Å²) in [4.78, 5) is 17.6. The van der Waals surface area contributed by atoms with Crippen molar-refractivity contribution < 1.29 is 4.79 Å². The van der Waals surface area contributed by atoms with Crippen molar-refractivity contribution >= 4 is 17.3 Å². The van der Waals surface area contributed by atoms with Crippen LogP contribution in [0.3, 0.4) is 0 Å². The molecule has 5 nitrogen and oxygen atoms in total. The Morgan fingerprint density at radius 1 is 1.03 bits per heavy atom. The molecule has 5 heteroatoms. The monoisotopic (exact) mass is 448 g/mol. The second kappa shape index (κ2) is 9.38. The van der Waals surface area contributed by atoms with Crippen molar-refractivity contribution in [3.63, 3.8) is 0 Å². The molecule has 1 amide bonds. The number of nitrogens with two attached hydrogens (primary N) is 1. The van der Waals surface area contributed by atoms with E-state index in [4.69, 9.17) is 5.73 Å². The van der Waals surface area contributed by atoms with E-state index in [1.165, 1.54) is 18.4 Å². The lowest BCUT2D eigenvalue weighted by molar-refractivity contribution is -0.130. The highest BCUT2D eigenvalue weighted by Gasteiger charge is 2.45. The van der Waals surface area contributed by atoms with E-state index >= 15 is 0 Å². The van der Waals surface area contributed by atoms with Crippen LogP contribution in [0, 0.1) is 27.7 Å². The number of anilines is 2. The van der Waals surface area contributed by atoms with E-state index in [9.17, 15) is 4.79 Å². The van der Waals surface area contributed by atoms with Gasteiger partial charge in [-0.05, 0) is 81.2 Å². The van der Waals surface area contributed by atoms with Crippen LogP contribution in [0.2, 0.25) is 0 Å². The highest BCUT2D eigenvalue weighted by atomic mass is 16.2. The maximum atomic E-state index is 13.0. The molecule has 1 aliphatic heterocycles. The molecule has 2 aliphatic rings. The number of rotatable bonds is 7. The summed E-state index contributed by atoms with van der Waals surface area (Å²) in [5.74, 6) is 0.155. The molecule has 0 unspecified atom stereocenters. The maximum absolute atomic E-state index is 13.0. The molecular formula is C28H40N4O. The lowest BCUT2D eigenvalue weighted by atomic mass is 9.93. The van der Waals surface area contributed by atoms with Crippen LogP contribution in [0.1, 0.15) is 53.5 Å². The number of hydrogen-bond acceptors (Lipinski definition) is 4. The van der Waals surface area contributed by atoms with E-state index in [0.717, 1.165) is 66.1 Å². The van der Waals surface area contributed by atoms with Crippen molar-refractivity contribution in [3.05, 3.63) is 58.1 Å². The number of nitrogens with zero attached hydrogens (tertiary/aromatic N) is 2. The Morgan fingerprint density at radius 3 is 2.15 bits per heavy atom. The van der Waals surface area contributed by atoms with Gasteiger partial charge in [-0.3, -0.25) is 4.79 Å². The number of likely N-dealkylation sites (tertiary alicyclic amines) is 1. The van der Waals surface area contributed by atoms with Gasteiger partial charge in [0, 0.05) is 49.5 Å². The van der Waals surface area contributed by atoms with E-state index in [-0.39, 0.29) is 5.91 Å². The number of nitrogens with one attached hydrogen (secondary N) is 1. The van der Waals surface area contributed by atoms with Gasteiger partial charge in [0.1, 0.15) is 0 Å². The van der Waals surface area contributed by atoms with E-state index in [1.54, 1.807) is 0 Å². The summed E-state index contributed by atoms with van der Waals surface area (Å²) in [6.45, 7) is 11.9. The minimum Gasteiger partial charge on any atom is -0.398 e. The molecule has 4 rings (SSSR count). The molecule has 1 aliphatic carbocycles. The second-order valence-corrected chi connectivity index (χ2v) is 10.3. The number of hydrogen-bond donors (Lipinski definition) is 2. The topological polar surface area (TPSA) is 61.6 Å². The van der Waals surface area contributed by atoms with Crippen LogP contribution < -0.4 is 11.1 Å². The molecule has 178 valence electrons. The van der Waals surface area contributed by atoms with E-state index in [1.807, 2.05) is 25.8 Å². The molecule has 2 aromatic rings. The van der Waals surface area contributed by atoms with Gasteiger partial charge >= 0.3 is 0 Å². The quantitative estimate of drug-likeness (QED) is 0.609. The predicted molar refractivity (Wildman–Crippen MR) is 138 cm³/mol. The van der Waals surface area contributed by atoms with Crippen LogP contribution in [0.15, 0.2) is 30.3 Å². The third-order valence-corrected chi connectivity index (χ3v) is 8.36. The zero-order valence-electron chi connectivity index (χ0n) is 21.0. The summed E-state index contributed by atoms with van der Waals surface area (Å²) in [6.07, 6.45) is 4.68. The van der Waals surface area contributed by atoms with Crippen molar-refractivity contribution in [1.29, 1.82) is 0 Å². The predicted octanol–water partition coefficient (Wildman–Crippen LogP) is 4.57. The van der Waals surface area contributed by atoms with Crippen molar-refractivity contribution in [1.82, 2.24) is 9.80 Å². The number of likely N-dealkylation sites (N-methyl/N-ethyl adjacent to an activating group) is 1. The smallest absolute Gasteiger partial charge is 0.241 e. The van der Waals surface area contributed by atoms with Gasteiger partial charge in [0.25, 0.3) is 0 Å². The number of piperidine rings is 1. The lowest BCUT2D eigenvalue weighted by Gasteiger charge is -2.38. The highest BCUT2D eigenvalue weighted by Crippen LogP contribution is 2.49. The fraction of sp³-hybridized carbons (Fsp3) is 0.536. The largest absolute Gasteiger partial charge is 0.398 e. The van der Waals surface area contributed by atoms with Crippen LogP contribution in [0.25, 0.3) is 0 Å². The summed E-state index contributed by atoms with van der Waals surface area (Å²) in [5.41, 5.74) is 14.4. The molecule has 1 saturated heterocycles. The van der Waals surface area contributed by atoms with Gasteiger partial charge in [-0.15, -0.1) is 0 Å². The van der Waals surface area contributed by atoms with Crippen LogP contribution in [-0.4, -0.2) is 55.0 Å². The molecule has 1 saturated carbocycles. The zero-order valence-corrected chi connectivity index (χ0v) is 21.0. The van der Waals surface area contributed by atoms with Crippen molar-refractivity contribution in [2.75, 3.05) is 44.3 Å². The number of benzene rings is 2. The SMILES string of the molecule is Cc1c(C)c(NCC(=O)N(C)C2CCN(CC3(c4ccccc4)CC3)CC2)c(C)c(C)c1N. The first-order valence-electron chi connectivity index (χ1n) is 12.4. The normalized spacial score (nSPS) is 18.2. The minimum atomic E-state index is 0.155. The van der Waals surface area contributed by atoms with Gasteiger partial charge in [-0.2, -0.15) is 0 Å². The summed E-state index contributed by atoms with van der Waals surface area (Å²) in [5, 5.41) is 3.42. The first kappa shape index (κ1) is 23.6. The molecule has 0 aromatic heterocycles. The minimum absolute atomic E-state index is 0.155. The third kappa shape index (κ3) is 4.74. The summed E-state index contributed by atoms with van der Waals surface area (Å²) < 4.78 is 0. The van der Waals surface area contributed by atoms with Gasteiger partial charge < -0.3 is 20.9 Å². The molecule has 2 fully saturated rings. The number of carbonyl (C=O) groups is 1. The third-order valence-electron chi connectivity index (χ3n) is 8.36. The van der Waals surface area contributed by atoms with Crippen molar-refractivity contribution in [2.45, 2.75) is 64.8 Å². The van der Waals surface area contributed by atoms with Crippen LogP contribution in [-0.2, 0) is 10.2 Å². The molecule has 2 aromatic carbocycles. The number of amides is 1. The Morgan fingerprint density at radius 2 is 1.61 bits per heavy atom.